The van der Waals surface area contributed by atoms with Crippen LogP contribution in [0.5, 0.6) is 5.75 Å². The van der Waals surface area contributed by atoms with E-state index in [0.29, 0.717) is 68.8 Å². The Bertz CT molecular complexity index is 2950. The van der Waals surface area contributed by atoms with Crippen LogP contribution in [0.15, 0.2) is 79.1 Å². The molecule has 6 heterocycles. The van der Waals surface area contributed by atoms with Crippen LogP contribution in [0.1, 0.15) is 26.3 Å². The molecule has 326 valence electrons. The molecule has 3 aromatic carbocycles. The first-order valence-corrected chi connectivity index (χ1v) is 49.4. The standard InChI is InChI=1S/C43H32As4O9S8/c1-20-2-3-21-32(22-4-7-29(48)35(45-59-12-13-60-45)39(22)55-38(21)34(20)44-57-10-11-58-44)25-18-28(43(53)54)26(19-27(25)42(51)52)33-23-5-8-30(49)36(46-61-14-15-62-46)40(23)56-41-24(33)6-9-31(50)37(41)47-63-16-17-64-47/h2-9,18-19,49H,10-17H2,1H3,(H,51,52)(H,53,54). The number of rotatable bonds is 8. The van der Waals surface area contributed by atoms with Gasteiger partial charge in [0.15, 0.2) is 0 Å². The quantitative estimate of drug-likeness (QED) is 0.101. The molecule has 4 saturated heterocycles. The number of aryl methyl sites for hydroxylation is 1. The predicted octanol–water partition coefficient (Wildman–Crippen LogP) is 7.55. The minimum absolute atomic E-state index is 0.0883. The van der Waals surface area contributed by atoms with Crippen LogP contribution in [0.3, 0.4) is 0 Å². The van der Waals surface area contributed by atoms with E-state index in [2.05, 4.69) is 13.0 Å². The second kappa shape index (κ2) is 18.6. The second-order valence-electron chi connectivity index (χ2n) is 14.7. The molecule has 0 radical (unpaired) electrons. The first-order chi connectivity index (χ1) is 31.1. The zero-order chi connectivity index (χ0) is 44.0. The summed E-state index contributed by atoms with van der Waals surface area (Å²) in [6.07, 6.45) is 0. The van der Waals surface area contributed by atoms with E-state index in [4.69, 9.17) is 8.83 Å². The van der Waals surface area contributed by atoms with Crippen molar-refractivity contribution in [1.82, 2.24) is 0 Å². The van der Waals surface area contributed by atoms with Gasteiger partial charge in [0, 0.05) is 0 Å². The molecule has 0 bridgehead atoms. The average molecular weight is 1250 g/mol. The third-order valence-corrected chi connectivity index (χ3v) is 65.7. The molecular weight excluding hydrogens is 1220 g/mol. The van der Waals surface area contributed by atoms with Gasteiger partial charge < -0.3 is 0 Å². The summed E-state index contributed by atoms with van der Waals surface area (Å²) >= 11 is -7.75. The Kier molecular flexibility index (Phi) is 13.2. The molecule has 4 fully saturated rings. The van der Waals surface area contributed by atoms with Crippen LogP contribution in [0.2, 0.25) is 0 Å². The van der Waals surface area contributed by atoms with Gasteiger partial charge in [0.1, 0.15) is 0 Å². The van der Waals surface area contributed by atoms with Crippen LogP contribution in [0.4, 0.5) is 0 Å². The Balaban J connectivity index is 1.25. The summed E-state index contributed by atoms with van der Waals surface area (Å²) in [4.78, 5) is 55.7. The van der Waals surface area contributed by atoms with Crippen molar-refractivity contribution in [3.63, 3.8) is 0 Å². The minimum atomic E-state index is -2.03. The molecule has 2 aliphatic carbocycles. The van der Waals surface area contributed by atoms with E-state index in [1.807, 2.05) is 66.2 Å². The molecular formula is C43H32As4O9S8. The molecule has 0 amide bonds. The number of carboxylic acids is 2. The number of phenolic OH excluding ortho intramolecular Hbond substituents is 1. The molecule has 64 heavy (non-hydrogen) atoms. The number of aromatic carboxylic acids is 2. The monoisotopic (exact) mass is 1250 g/mol. The fraction of sp³-hybridized carbons (Fsp3) is 0.209. The maximum absolute atomic E-state index is 14.0. The van der Waals surface area contributed by atoms with Gasteiger partial charge in [-0.1, -0.05) is 0 Å². The maximum atomic E-state index is 14.0. The summed E-state index contributed by atoms with van der Waals surface area (Å²) in [5.41, 5.74) is 4.18. The van der Waals surface area contributed by atoms with Gasteiger partial charge in [-0.2, -0.15) is 0 Å². The molecule has 0 spiro atoms. The third-order valence-electron chi connectivity index (χ3n) is 11.0. The summed E-state index contributed by atoms with van der Waals surface area (Å²) in [5, 5.41) is 35.5. The fourth-order valence-electron chi connectivity index (χ4n) is 8.36. The zero-order valence-electron chi connectivity index (χ0n) is 33.3. The number of benzene rings is 5. The molecule has 0 atom stereocenters. The summed E-state index contributed by atoms with van der Waals surface area (Å²) in [6.45, 7) is 2.08. The van der Waals surface area contributed by atoms with Gasteiger partial charge in [-0.05, 0) is 0 Å². The molecule has 0 saturated carbocycles. The molecule has 11 rings (SSSR count). The van der Waals surface area contributed by atoms with E-state index in [-0.39, 0.29) is 38.9 Å². The van der Waals surface area contributed by atoms with Crippen LogP contribution in [-0.2, 0) is 0 Å². The molecule has 9 nitrogen and oxygen atoms in total. The molecule has 8 aliphatic rings. The number of carbonyl (C=O) groups is 2. The van der Waals surface area contributed by atoms with Crippen LogP contribution < -0.4 is 28.3 Å². The van der Waals surface area contributed by atoms with Crippen LogP contribution in [0.25, 0.3) is 66.8 Å². The summed E-state index contributed by atoms with van der Waals surface area (Å²) < 4.78 is 17.1. The summed E-state index contributed by atoms with van der Waals surface area (Å²) in [6, 6.07) is 16.8. The Morgan fingerprint density at radius 3 is 1.30 bits per heavy atom. The molecule has 3 N–H and O–H groups in total. The van der Waals surface area contributed by atoms with E-state index in [1.165, 1.54) is 18.2 Å². The van der Waals surface area contributed by atoms with Crippen molar-refractivity contribution in [3.05, 3.63) is 97.8 Å². The summed E-state index contributed by atoms with van der Waals surface area (Å²) in [5.74, 6) is 6.09. The van der Waals surface area contributed by atoms with Gasteiger partial charge in [0.05, 0.1) is 0 Å². The predicted molar refractivity (Wildman–Crippen MR) is 284 cm³/mol. The SMILES string of the molecule is Cc1ccc2c(-c3cc(C(=O)O)c(-c4c5ccc(=O)c([As]6SCCS6)c-5oc5c([As]6SCCS6)c(O)ccc45)cc3C(=O)O)c3ccc(=O)c([As]4SCCS4)c-3oc2c1[As]1SCCS1. The average Bonchev–Trinajstić information content (AvgIpc) is 4.14. The molecule has 0 unspecified atom stereocenters. The number of hydrogen-bond acceptors (Lipinski definition) is 15. The van der Waals surface area contributed by atoms with Crippen molar-refractivity contribution in [3.8, 4) is 50.7 Å². The van der Waals surface area contributed by atoms with Crippen molar-refractivity contribution in [2.75, 3.05) is 46.0 Å². The number of fused-ring (bicyclic) bond motifs is 4. The topological polar surface area (TPSA) is 155 Å². The Labute approximate surface area is 410 Å². The summed E-state index contributed by atoms with van der Waals surface area (Å²) in [7, 11) is 14.9. The first-order valence-electron chi connectivity index (χ1n) is 19.8. The van der Waals surface area contributed by atoms with Gasteiger partial charge in [0.25, 0.3) is 0 Å². The van der Waals surface area contributed by atoms with Crippen molar-refractivity contribution >= 4 is 181 Å². The van der Waals surface area contributed by atoms with E-state index in [1.54, 1.807) is 50.4 Å². The Morgan fingerprint density at radius 1 is 0.500 bits per heavy atom. The number of carboxylic acid groups (broad SMARTS) is 2. The number of hydrogen-bond donors (Lipinski definition) is 3. The van der Waals surface area contributed by atoms with Crippen LogP contribution >= 0.6 is 80.2 Å². The van der Waals surface area contributed by atoms with Gasteiger partial charge in [-0.15, -0.1) is 0 Å². The molecule has 6 aliphatic heterocycles. The number of aromatic hydroxyl groups is 1. The normalized spacial score (nSPS) is 17.9. The Hall–Kier alpha value is -1.19. The van der Waals surface area contributed by atoms with Crippen molar-refractivity contribution in [1.29, 1.82) is 0 Å². The van der Waals surface area contributed by atoms with E-state index in [0.717, 1.165) is 55.9 Å². The van der Waals surface area contributed by atoms with Crippen LogP contribution in [-0.4, -0.2) is 123 Å². The van der Waals surface area contributed by atoms with Gasteiger partial charge in [-0.3, -0.25) is 0 Å². The fourth-order valence-corrected chi connectivity index (χ4v) is 68.3. The van der Waals surface area contributed by atoms with Gasteiger partial charge in [0.2, 0.25) is 0 Å². The number of phenols is 1. The van der Waals surface area contributed by atoms with E-state index < -0.39 is 61.3 Å². The first kappa shape index (κ1) is 45.3. The molecule has 3 aromatic rings. The second-order valence-corrected chi connectivity index (χ2v) is 61.1. The Morgan fingerprint density at radius 2 is 0.875 bits per heavy atom. The van der Waals surface area contributed by atoms with Crippen LogP contribution in [0, 0.1) is 6.92 Å². The van der Waals surface area contributed by atoms with Gasteiger partial charge >= 0.3 is 416 Å². The molecule has 0 aromatic heterocycles. The van der Waals surface area contributed by atoms with Gasteiger partial charge in [-0.25, -0.2) is 0 Å². The third kappa shape index (κ3) is 7.82. The van der Waals surface area contributed by atoms with Crippen molar-refractivity contribution in [2.24, 2.45) is 0 Å². The van der Waals surface area contributed by atoms with E-state index in [9.17, 15) is 34.5 Å². The molecule has 21 heteroatoms. The zero-order valence-corrected chi connectivity index (χ0v) is 47.3. The van der Waals surface area contributed by atoms with Crippen molar-refractivity contribution < 1.29 is 33.7 Å². The van der Waals surface area contributed by atoms with E-state index >= 15 is 0 Å². The van der Waals surface area contributed by atoms with Crippen molar-refractivity contribution in [2.45, 2.75) is 6.92 Å².